The maximum Gasteiger partial charge on any atom is 0.0519 e. The van der Waals surface area contributed by atoms with Gasteiger partial charge in [-0.3, -0.25) is 4.98 Å². The van der Waals surface area contributed by atoms with Crippen molar-refractivity contribution in [3.8, 4) is 0 Å². The van der Waals surface area contributed by atoms with Gasteiger partial charge in [0.15, 0.2) is 0 Å². The fourth-order valence-electron chi connectivity index (χ4n) is 2.73. The molecule has 2 heterocycles. The van der Waals surface area contributed by atoms with Gasteiger partial charge in [-0.1, -0.05) is 6.07 Å². The second-order valence-electron chi connectivity index (χ2n) is 5.01. The summed E-state index contributed by atoms with van der Waals surface area (Å²) in [5.74, 6) is 0. The van der Waals surface area contributed by atoms with Crippen molar-refractivity contribution < 1.29 is 0 Å². The van der Waals surface area contributed by atoms with Gasteiger partial charge >= 0.3 is 0 Å². The highest BCUT2D eigenvalue weighted by Gasteiger charge is 2.08. The Bertz CT molecular complexity index is 712. The molecule has 19 heavy (non-hydrogen) atoms. The number of aromatic nitrogens is 2. The molecule has 3 heteroatoms. The van der Waals surface area contributed by atoms with Crippen molar-refractivity contribution in [2.24, 2.45) is 7.05 Å². The average Bonchev–Trinajstić information content (AvgIpc) is 2.73. The first-order valence-electron chi connectivity index (χ1n) is 6.77. The molecule has 1 N–H and O–H groups in total. The molecule has 0 fully saturated rings. The lowest BCUT2D eigenvalue weighted by Crippen LogP contribution is -2.08. The Labute approximate surface area is 113 Å². The minimum Gasteiger partial charge on any atom is -0.344 e. The highest BCUT2D eigenvalue weighted by molar-refractivity contribution is 6.07. The van der Waals surface area contributed by atoms with Crippen LogP contribution in [0.15, 0.2) is 36.7 Å². The molecular formula is C16H19N3. The monoisotopic (exact) mass is 253 g/mol. The number of nitrogens with one attached hydrogen (secondary N) is 1. The number of nitrogens with zero attached hydrogens (tertiary/aromatic N) is 2. The summed E-state index contributed by atoms with van der Waals surface area (Å²) in [5, 5.41) is 5.75. The van der Waals surface area contributed by atoms with Crippen LogP contribution in [0.1, 0.15) is 12.0 Å². The van der Waals surface area contributed by atoms with Crippen LogP contribution in [0.25, 0.3) is 21.8 Å². The summed E-state index contributed by atoms with van der Waals surface area (Å²) >= 11 is 0. The van der Waals surface area contributed by atoms with Crippen LogP contribution < -0.4 is 5.32 Å². The molecule has 0 unspecified atom stereocenters. The summed E-state index contributed by atoms with van der Waals surface area (Å²) in [5.41, 5.74) is 3.93. The van der Waals surface area contributed by atoms with E-state index in [1.807, 2.05) is 19.4 Å². The summed E-state index contributed by atoms with van der Waals surface area (Å²) in [7, 11) is 4.12. The van der Waals surface area contributed by atoms with Gasteiger partial charge in [-0.05, 0) is 50.2 Å². The molecule has 98 valence electrons. The van der Waals surface area contributed by atoms with Gasteiger partial charge in [-0.25, -0.2) is 0 Å². The van der Waals surface area contributed by atoms with Crippen LogP contribution in [-0.2, 0) is 13.5 Å². The molecule has 0 saturated heterocycles. The van der Waals surface area contributed by atoms with E-state index >= 15 is 0 Å². The highest BCUT2D eigenvalue weighted by atomic mass is 14.9. The number of fused-ring (bicyclic) bond motifs is 3. The van der Waals surface area contributed by atoms with Gasteiger partial charge in [0.05, 0.1) is 5.52 Å². The Kier molecular flexibility index (Phi) is 3.22. The topological polar surface area (TPSA) is 29.9 Å². The fraction of sp³-hybridized carbons (Fsp3) is 0.312. The maximum absolute atomic E-state index is 4.26. The van der Waals surface area contributed by atoms with E-state index in [1.54, 1.807) is 0 Å². The third-order valence-electron chi connectivity index (χ3n) is 3.76. The molecule has 0 aliphatic carbocycles. The van der Waals surface area contributed by atoms with Crippen LogP contribution in [0.4, 0.5) is 0 Å². The van der Waals surface area contributed by atoms with E-state index in [-0.39, 0.29) is 0 Å². The minimum absolute atomic E-state index is 1.06. The molecule has 1 aromatic carbocycles. The van der Waals surface area contributed by atoms with Gasteiger partial charge < -0.3 is 9.88 Å². The lowest BCUT2D eigenvalue weighted by Gasteiger charge is -2.02. The lowest BCUT2D eigenvalue weighted by molar-refractivity contribution is 0.725. The smallest absolute Gasteiger partial charge is 0.0519 e. The highest BCUT2D eigenvalue weighted by Crippen LogP contribution is 2.28. The van der Waals surface area contributed by atoms with Gasteiger partial charge in [-0.15, -0.1) is 0 Å². The van der Waals surface area contributed by atoms with E-state index in [9.17, 15) is 0 Å². The van der Waals surface area contributed by atoms with E-state index < -0.39 is 0 Å². The Morgan fingerprint density at radius 1 is 1.16 bits per heavy atom. The Morgan fingerprint density at radius 3 is 2.84 bits per heavy atom. The van der Waals surface area contributed by atoms with Gasteiger partial charge in [0.2, 0.25) is 0 Å². The molecule has 0 aliphatic heterocycles. The van der Waals surface area contributed by atoms with E-state index in [1.165, 1.54) is 33.8 Å². The van der Waals surface area contributed by atoms with Crippen LogP contribution >= 0.6 is 0 Å². The van der Waals surface area contributed by atoms with Crippen molar-refractivity contribution in [3.63, 3.8) is 0 Å². The zero-order chi connectivity index (χ0) is 13.2. The molecule has 3 rings (SSSR count). The van der Waals surface area contributed by atoms with Crippen molar-refractivity contribution >= 4 is 21.8 Å². The molecule has 0 spiro atoms. The first-order valence-corrected chi connectivity index (χ1v) is 6.77. The fourth-order valence-corrected chi connectivity index (χ4v) is 2.73. The quantitative estimate of drug-likeness (QED) is 0.725. The lowest BCUT2D eigenvalue weighted by atomic mass is 10.1. The second-order valence-corrected chi connectivity index (χ2v) is 5.01. The zero-order valence-corrected chi connectivity index (χ0v) is 11.5. The molecule has 0 radical (unpaired) electrons. The molecule has 3 nitrogen and oxygen atoms in total. The van der Waals surface area contributed by atoms with Crippen molar-refractivity contribution in [2.45, 2.75) is 12.8 Å². The first kappa shape index (κ1) is 12.2. The van der Waals surface area contributed by atoms with Crippen molar-refractivity contribution in [3.05, 3.63) is 42.2 Å². The van der Waals surface area contributed by atoms with E-state index in [0.29, 0.717) is 0 Å². The van der Waals surface area contributed by atoms with E-state index in [4.69, 9.17) is 0 Å². The van der Waals surface area contributed by atoms with Crippen molar-refractivity contribution in [1.82, 2.24) is 14.9 Å². The van der Waals surface area contributed by atoms with Crippen LogP contribution in [0.2, 0.25) is 0 Å². The molecule has 0 amide bonds. The standard InChI is InChI=1S/C16H19N3/c1-17-8-3-4-12-5-6-15-13(10-12)14-11-18-9-7-16(14)19(15)2/h5-7,9-11,17H,3-4,8H2,1-2H3. The van der Waals surface area contributed by atoms with Gasteiger partial charge in [0.25, 0.3) is 0 Å². The zero-order valence-electron chi connectivity index (χ0n) is 11.5. The summed E-state index contributed by atoms with van der Waals surface area (Å²) < 4.78 is 2.24. The minimum atomic E-state index is 1.06. The normalized spacial score (nSPS) is 11.5. The summed E-state index contributed by atoms with van der Waals surface area (Å²) in [4.78, 5) is 4.26. The summed E-state index contributed by atoms with van der Waals surface area (Å²) in [6.07, 6.45) is 6.11. The molecule has 2 aromatic heterocycles. The van der Waals surface area contributed by atoms with Gasteiger partial charge in [-0.2, -0.15) is 0 Å². The van der Waals surface area contributed by atoms with E-state index in [2.05, 4.69) is 46.2 Å². The molecule has 0 bridgehead atoms. The molecule has 0 aliphatic rings. The second kappa shape index (κ2) is 5.02. The van der Waals surface area contributed by atoms with Crippen LogP contribution in [0.5, 0.6) is 0 Å². The number of aryl methyl sites for hydroxylation is 2. The third-order valence-corrected chi connectivity index (χ3v) is 3.76. The Balaban J connectivity index is 2.09. The van der Waals surface area contributed by atoms with Crippen LogP contribution in [0.3, 0.4) is 0 Å². The first-order chi connectivity index (χ1) is 9.31. The molecule has 0 saturated carbocycles. The number of hydrogen-bond acceptors (Lipinski definition) is 2. The largest absolute Gasteiger partial charge is 0.344 e. The summed E-state index contributed by atoms with van der Waals surface area (Å²) in [6, 6.07) is 8.86. The van der Waals surface area contributed by atoms with Crippen LogP contribution in [-0.4, -0.2) is 23.1 Å². The van der Waals surface area contributed by atoms with Crippen LogP contribution in [0, 0.1) is 0 Å². The maximum atomic E-state index is 4.26. The Morgan fingerprint density at radius 2 is 2.00 bits per heavy atom. The summed E-state index contributed by atoms with van der Waals surface area (Å²) in [6.45, 7) is 1.06. The number of benzene rings is 1. The SMILES string of the molecule is CNCCCc1ccc2c(c1)c1cnccc1n2C. The van der Waals surface area contributed by atoms with Crippen molar-refractivity contribution in [1.29, 1.82) is 0 Å². The molecule has 3 aromatic rings. The number of pyridine rings is 1. The number of rotatable bonds is 4. The van der Waals surface area contributed by atoms with E-state index in [0.717, 1.165) is 13.0 Å². The molecule has 0 atom stereocenters. The molecular weight excluding hydrogens is 234 g/mol. The number of hydrogen-bond donors (Lipinski definition) is 1. The Hall–Kier alpha value is -1.87. The predicted octanol–water partition coefficient (Wildman–Crippen LogP) is 2.88. The third kappa shape index (κ3) is 2.10. The predicted molar refractivity (Wildman–Crippen MR) is 80.5 cm³/mol. The van der Waals surface area contributed by atoms with Gasteiger partial charge in [0, 0.05) is 35.7 Å². The van der Waals surface area contributed by atoms with Crippen molar-refractivity contribution in [2.75, 3.05) is 13.6 Å². The average molecular weight is 253 g/mol. The van der Waals surface area contributed by atoms with Gasteiger partial charge in [0.1, 0.15) is 0 Å².